The van der Waals surface area contributed by atoms with Gasteiger partial charge >= 0.3 is 0 Å². The van der Waals surface area contributed by atoms with Gasteiger partial charge in [-0.2, -0.15) is 5.10 Å². The molecule has 1 N–H and O–H groups in total. The molecule has 1 aromatic heterocycles. The SMILES string of the molecule is CCn1ncc(CN(C)CC(=O)Nc2cccc(C)c2)c1C. The first kappa shape index (κ1) is 16.2. The van der Waals surface area contributed by atoms with Crippen LogP contribution in [0.4, 0.5) is 5.69 Å². The van der Waals surface area contributed by atoms with Crippen LogP contribution in [-0.2, 0) is 17.9 Å². The summed E-state index contributed by atoms with van der Waals surface area (Å²) in [5.74, 6) is -0.00589. The Bertz CT molecular complexity index is 648. The van der Waals surface area contributed by atoms with Crippen LogP contribution in [0.15, 0.2) is 30.5 Å². The summed E-state index contributed by atoms with van der Waals surface area (Å²) in [6, 6.07) is 7.82. The van der Waals surface area contributed by atoms with Gasteiger partial charge in [0.25, 0.3) is 0 Å². The number of aryl methyl sites for hydroxylation is 2. The average Bonchev–Trinajstić information content (AvgIpc) is 2.79. The topological polar surface area (TPSA) is 50.2 Å². The molecule has 0 fully saturated rings. The van der Waals surface area contributed by atoms with Crippen molar-refractivity contribution in [2.75, 3.05) is 18.9 Å². The standard InChI is InChI=1S/C17H24N4O/c1-5-21-14(3)15(10-18-21)11-20(4)12-17(22)19-16-8-6-7-13(2)9-16/h6-10H,5,11-12H2,1-4H3,(H,19,22). The first-order valence-electron chi connectivity index (χ1n) is 7.56. The molecule has 0 aliphatic heterocycles. The summed E-state index contributed by atoms with van der Waals surface area (Å²) in [6.07, 6.45) is 1.88. The number of rotatable bonds is 6. The highest BCUT2D eigenvalue weighted by atomic mass is 16.2. The van der Waals surface area contributed by atoms with Crippen molar-refractivity contribution in [1.29, 1.82) is 0 Å². The van der Waals surface area contributed by atoms with Gasteiger partial charge in [-0.25, -0.2) is 0 Å². The molecule has 2 aromatic rings. The van der Waals surface area contributed by atoms with Gasteiger partial charge in [0.2, 0.25) is 5.91 Å². The largest absolute Gasteiger partial charge is 0.325 e. The van der Waals surface area contributed by atoms with Crippen LogP contribution >= 0.6 is 0 Å². The van der Waals surface area contributed by atoms with Crippen LogP contribution in [0.1, 0.15) is 23.7 Å². The van der Waals surface area contributed by atoms with E-state index in [1.807, 2.05) is 54.0 Å². The van der Waals surface area contributed by atoms with E-state index in [2.05, 4.69) is 24.3 Å². The van der Waals surface area contributed by atoms with Crippen molar-refractivity contribution in [2.24, 2.45) is 0 Å². The van der Waals surface area contributed by atoms with Gasteiger partial charge in [-0.3, -0.25) is 14.4 Å². The minimum Gasteiger partial charge on any atom is -0.325 e. The zero-order valence-corrected chi connectivity index (χ0v) is 13.8. The highest BCUT2D eigenvalue weighted by molar-refractivity contribution is 5.92. The number of nitrogens with one attached hydrogen (secondary N) is 1. The molecule has 0 saturated heterocycles. The Kier molecular flexibility index (Phi) is 5.33. The van der Waals surface area contributed by atoms with Gasteiger partial charge in [-0.1, -0.05) is 12.1 Å². The second-order valence-corrected chi connectivity index (χ2v) is 5.66. The number of carbonyl (C=O) groups is 1. The van der Waals surface area contributed by atoms with Crippen molar-refractivity contribution in [3.63, 3.8) is 0 Å². The highest BCUT2D eigenvalue weighted by Gasteiger charge is 2.11. The first-order valence-corrected chi connectivity index (χ1v) is 7.56. The Morgan fingerprint density at radius 1 is 1.36 bits per heavy atom. The lowest BCUT2D eigenvalue weighted by atomic mass is 10.2. The molecule has 0 unspecified atom stereocenters. The number of nitrogens with zero attached hydrogens (tertiary/aromatic N) is 3. The molecule has 0 aliphatic rings. The van der Waals surface area contributed by atoms with Gasteiger partial charge in [0.1, 0.15) is 0 Å². The minimum absolute atomic E-state index is 0.00589. The maximum Gasteiger partial charge on any atom is 0.238 e. The zero-order valence-electron chi connectivity index (χ0n) is 13.8. The van der Waals surface area contributed by atoms with Crippen molar-refractivity contribution in [2.45, 2.75) is 33.9 Å². The number of hydrogen-bond acceptors (Lipinski definition) is 3. The number of amides is 1. The molecular weight excluding hydrogens is 276 g/mol. The van der Waals surface area contributed by atoms with Gasteiger partial charge in [0.05, 0.1) is 12.7 Å². The van der Waals surface area contributed by atoms with Gasteiger partial charge in [-0.15, -0.1) is 0 Å². The molecule has 0 atom stereocenters. The van der Waals surface area contributed by atoms with E-state index in [0.29, 0.717) is 13.1 Å². The van der Waals surface area contributed by atoms with E-state index in [0.717, 1.165) is 29.1 Å². The molecule has 0 radical (unpaired) electrons. The molecule has 0 spiro atoms. The van der Waals surface area contributed by atoms with Crippen LogP contribution in [-0.4, -0.2) is 34.2 Å². The van der Waals surface area contributed by atoms with Crippen LogP contribution in [0.25, 0.3) is 0 Å². The van der Waals surface area contributed by atoms with Gasteiger partial charge in [-0.05, 0) is 45.5 Å². The van der Waals surface area contributed by atoms with E-state index in [-0.39, 0.29) is 5.91 Å². The van der Waals surface area contributed by atoms with Gasteiger partial charge in [0.15, 0.2) is 0 Å². The summed E-state index contributed by atoms with van der Waals surface area (Å²) in [7, 11) is 1.94. The summed E-state index contributed by atoms with van der Waals surface area (Å²) < 4.78 is 1.97. The van der Waals surface area contributed by atoms with E-state index in [1.54, 1.807) is 0 Å². The van der Waals surface area contributed by atoms with Crippen molar-refractivity contribution in [3.05, 3.63) is 47.3 Å². The molecule has 5 heteroatoms. The normalized spacial score (nSPS) is 11.0. The van der Waals surface area contributed by atoms with Crippen molar-refractivity contribution >= 4 is 11.6 Å². The Hall–Kier alpha value is -2.14. The smallest absolute Gasteiger partial charge is 0.238 e. The quantitative estimate of drug-likeness (QED) is 0.892. The number of aromatic nitrogens is 2. The van der Waals surface area contributed by atoms with Gasteiger partial charge in [0, 0.05) is 30.0 Å². The highest BCUT2D eigenvalue weighted by Crippen LogP contribution is 2.11. The van der Waals surface area contributed by atoms with Gasteiger partial charge < -0.3 is 5.32 Å². The predicted molar refractivity (Wildman–Crippen MR) is 88.8 cm³/mol. The van der Waals surface area contributed by atoms with E-state index >= 15 is 0 Å². The zero-order chi connectivity index (χ0) is 16.1. The maximum absolute atomic E-state index is 12.1. The van der Waals surface area contributed by atoms with E-state index in [1.165, 1.54) is 0 Å². The van der Waals surface area contributed by atoms with Crippen molar-refractivity contribution < 1.29 is 4.79 Å². The fourth-order valence-electron chi connectivity index (χ4n) is 2.47. The molecular formula is C17H24N4O. The molecule has 2 rings (SSSR count). The summed E-state index contributed by atoms with van der Waals surface area (Å²) in [5, 5.41) is 7.26. The Morgan fingerprint density at radius 2 is 2.14 bits per heavy atom. The lowest BCUT2D eigenvalue weighted by Crippen LogP contribution is -2.30. The van der Waals surface area contributed by atoms with Crippen LogP contribution < -0.4 is 5.32 Å². The summed E-state index contributed by atoms with van der Waals surface area (Å²) in [5.41, 5.74) is 4.29. The third-order valence-corrected chi connectivity index (χ3v) is 3.66. The molecule has 5 nitrogen and oxygen atoms in total. The second kappa shape index (κ2) is 7.22. The number of benzene rings is 1. The Labute approximate surface area is 131 Å². The Balaban J connectivity index is 1.89. The third-order valence-electron chi connectivity index (χ3n) is 3.66. The summed E-state index contributed by atoms with van der Waals surface area (Å²) in [4.78, 5) is 14.1. The molecule has 22 heavy (non-hydrogen) atoms. The molecule has 1 aromatic carbocycles. The molecule has 118 valence electrons. The Morgan fingerprint density at radius 3 is 2.77 bits per heavy atom. The van der Waals surface area contributed by atoms with E-state index < -0.39 is 0 Å². The first-order chi connectivity index (χ1) is 10.5. The fraction of sp³-hybridized carbons (Fsp3) is 0.412. The number of likely N-dealkylation sites (N-methyl/N-ethyl adjacent to an activating group) is 1. The molecule has 0 bridgehead atoms. The van der Waals surface area contributed by atoms with Crippen LogP contribution in [0, 0.1) is 13.8 Å². The lowest BCUT2D eigenvalue weighted by molar-refractivity contribution is -0.117. The maximum atomic E-state index is 12.1. The average molecular weight is 300 g/mol. The summed E-state index contributed by atoms with van der Waals surface area (Å²) >= 11 is 0. The lowest BCUT2D eigenvalue weighted by Gasteiger charge is -2.16. The summed E-state index contributed by atoms with van der Waals surface area (Å²) in [6.45, 7) is 8.08. The third kappa shape index (κ3) is 4.18. The van der Waals surface area contributed by atoms with E-state index in [4.69, 9.17) is 0 Å². The second-order valence-electron chi connectivity index (χ2n) is 5.66. The molecule has 0 saturated carbocycles. The number of hydrogen-bond donors (Lipinski definition) is 1. The minimum atomic E-state index is -0.00589. The molecule has 1 heterocycles. The van der Waals surface area contributed by atoms with Crippen molar-refractivity contribution in [1.82, 2.24) is 14.7 Å². The van der Waals surface area contributed by atoms with Crippen LogP contribution in [0.5, 0.6) is 0 Å². The molecule has 1 amide bonds. The monoisotopic (exact) mass is 300 g/mol. The van der Waals surface area contributed by atoms with Crippen LogP contribution in [0.3, 0.4) is 0 Å². The van der Waals surface area contributed by atoms with E-state index in [9.17, 15) is 4.79 Å². The molecule has 0 aliphatic carbocycles. The number of anilines is 1. The predicted octanol–water partition coefficient (Wildman–Crippen LogP) is 2.59. The fourth-order valence-corrected chi connectivity index (χ4v) is 2.47. The van der Waals surface area contributed by atoms with Crippen molar-refractivity contribution in [3.8, 4) is 0 Å². The number of carbonyl (C=O) groups excluding carboxylic acids is 1. The van der Waals surface area contributed by atoms with Crippen LogP contribution in [0.2, 0.25) is 0 Å².